The summed E-state index contributed by atoms with van der Waals surface area (Å²) in [5, 5.41) is 9.60. The lowest BCUT2D eigenvalue weighted by atomic mass is 10.0. The molecule has 2 aromatic heterocycles. The smallest absolute Gasteiger partial charge is 0.412 e. The van der Waals surface area contributed by atoms with Crippen LogP contribution in [0.3, 0.4) is 0 Å². The second kappa shape index (κ2) is 9.05. The monoisotopic (exact) mass is 433 g/mol. The van der Waals surface area contributed by atoms with E-state index in [1.54, 1.807) is 44.6 Å². The number of hydrogen-bond acceptors (Lipinski definition) is 5. The van der Waals surface area contributed by atoms with Crippen LogP contribution in [0.1, 0.15) is 32.0 Å². The van der Waals surface area contributed by atoms with Crippen LogP contribution in [0.25, 0.3) is 16.7 Å². The molecule has 8 heteroatoms. The van der Waals surface area contributed by atoms with E-state index in [2.05, 4.69) is 27.3 Å². The summed E-state index contributed by atoms with van der Waals surface area (Å²) in [5.41, 5.74) is 3.86. The predicted octanol–water partition coefficient (Wildman–Crippen LogP) is 4.79. The minimum atomic E-state index is -0.621. The van der Waals surface area contributed by atoms with Crippen molar-refractivity contribution in [3.05, 3.63) is 66.8 Å². The molecule has 0 atom stereocenters. The molecule has 166 valence electrons. The van der Waals surface area contributed by atoms with Crippen LogP contribution in [0.15, 0.2) is 55.5 Å². The van der Waals surface area contributed by atoms with E-state index in [9.17, 15) is 9.59 Å². The number of carbonyl (C=O) groups excluding carboxylic acids is 2. The Kier molecular flexibility index (Phi) is 6.43. The van der Waals surface area contributed by atoms with Crippen molar-refractivity contribution in [1.82, 2.24) is 14.8 Å². The number of pyridine rings is 1. The van der Waals surface area contributed by atoms with Crippen molar-refractivity contribution >= 4 is 28.9 Å². The minimum absolute atomic E-state index is 0.313. The van der Waals surface area contributed by atoms with Crippen LogP contribution in [0.5, 0.6) is 0 Å². The standard InChI is InChI=1S/C24H27N5O3/c1-15(17-7-9-18(10-8-17)19-12-26-29(6)14-19)22(30)28-21-11-20(13-25-16(21)2)27-23(31)32-24(3,4)5/h7-14H,1H2,2-6H3,(H,27,31)(H,28,30). The van der Waals surface area contributed by atoms with Crippen LogP contribution in [0.4, 0.5) is 16.2 Å². The van der Waals surface area contributed by atoms with Gasteiger partial charge in [0.1, 0.15) is 5.60 Å². The first kappa shape index (κ1) is 22.7. The number of aromatic nitrogens is 3. The first-order valence-corrected chi connectivity index (χ1v) is 10.1. The topological polar surface area (TPSA) is 98.1 Å². The van der Waals surface area contributed by atoms with Gasteiger partial charge in [-0.3, -0.25) is 19.8 Å². The normalized spacial score (nSPS) is 11.0. The average Bonchev–Trinajstić information content (AvgIpc) is 3.15. The number of nitrogens with one attached hydrogen (secondary N) is 2. The summed E-state index contributed by atoms with van der Waals surface area (Å²) in [5.74, 6) is -0.363. The third-order valence-corrected chi connectivity index (χ3v) is 4.53. The molecule has 3 rings (SSSR count). The molecular weight excluding hydrogens is 406 g/mol. The average molecular weight is 434 g/mol. The molecule has 2 N–H and O–H groups in total. The number of hydrogen-bond donors (Lipinski definition) is 2. The van der Waals surface area contributed by atoms with Gasteiger partial charge in [0.2, 0.25) is 0 Å². The highest BCUT2D eigenvalue weighted by Gasteiger charge is 2.17. The molecule has 0 aliphatic carbocycles. The van der Waals surface area contributed by atoms with Crippen LogP contribution in [-0.4, -0.2) is 32.4 Å². The van der Waals surface area contributed by atoms with Gasteiger partial charge < -0.3 is 10.1 Å². The van der Waals surface area contributed by atoms with Gasteiger partial charge in [-0.05, 0) is 44.9 Å². The number of aryl methyl sites for hydroxylation is 2. The van der Waals surface area contributed by atoms with Gasteiger partial charge >= 0.3 is 6.09 Å². The number of benzene rings is 1. The zero-order chi connectivity index (χ0) is 23.5. The summed E-state index contributed by atoms with van der Waals surface area (Å²) in [7, 11) is 1.86. The zero-order valence-electron chi connectivity index (χ0n) is 18.9. The van der Waals surface area contributed by atoms with Gasteiger partial charge in [-0.1, -0.05) is 30.8 Å². The van der Waals surface area contributed by atoms with Gasteiger partial charge in [-0.15, -0.1) is 0 Å². The molecule has 2 amide bonds. The Morgan fingerprint density at radius 2 is 1.75 bits per heavy atom. The molecule has 0 aliphatic heterocycles. The quantitative estimate of drug-likeness (QED) is 0.564. The lowest BCUT2D eigenvalue weighted by Crippen LogP contribution is -2.27. The van der Waals surface area contributed by atoms with Crippen LogP contribution >= 0.6 is 0 Å². The molecule has 0 bridgehead atoms. The molecule has 2 heterocycles. The van der Waals surface area contributed by atoms with Gasteiger partial charge in [0.25, 0.3) is 5.91 Å². The summed E-state index contributed by atoms with van der Waals surface area (Å²) in [6.07, 6.45) is 4.61. The van der Waals surface area contributed by atoms with Crippen molar-refractivity contribution in [3.8, 4) is 11.1 Å². The van der Waals surface area contributed by atoms with E-state index in [1.807, 2.05) is 37.5 Å². The molecule has 0 fully saturated rings. The summed E-state index contributed by atoms with van der Waals surface area (Å²) in [4.78, 5) is 29.0. The lowest BCUT2D eigenvalue weighted by Gasteiger charge is -2.20. The largest absolute Gasteiger partial charge is 0.444 e. The highest BCUT2D eigenvalue weighted by molar-refractivity contribution is 6.24. The predicted molar refractivity (Wildman–Crippen MR) is 125 cm³/mol. The molecule has 0 saturated heterocycles. The van der Waals surface area contributed by atoms with E-state index in [1.165, 1.54) is 6.20 Å². The molecule has 32 heavy (non-hydrogen) atoms. The van der Waals surface area contributed by atoms with Crippen LogP contribution in [0, 0.1) is 6.92 Å². The molecule has 0 radical (unpaired) electrons. The first-order chi connectivity index (χ1) is 15.0. The highest BCUT2D eigenvalue weighted by atomic mass is 16.6. The number of rotatable bonds is 5. The molecule has 8 nitrogen and oxygen atoms in total. The van der Waals surface area contributed by atoms with Crippen LogP contribution in [-0.2, 0) is 16.6 Å². The Morgan fingerprint density at radius 1 is 1.06 bits per heavy atom. The third-order valence-electron chi connectivity index (χ3n) is 4.53. The summed E-state index contributed by atoms with van der Waals surface area (Å²) in [6.45, 7) is 11.0. The second-order valence-corrected chi connectivity index (χ2v) is 8.40. The van der Waals surface area contributed by atoms with E-state index in [-0.39, 0.29) is 5.91 Å². The number of nitrogens with zero attached hydrogens (tertiary/aromatic N) is 3. The summed E-state index contributed by atoms with van der Waals surface area (Å²) < 4.78 is 6.98. The maximum Gasteiger partial charge on any atom is 0.412 e. The molecule has 0 spiro atoms. The van der Waals surface area contributed by atoms with Gasteiger partial charge in [0.15, 0.2) is 0 Å². The lowest BCUT2D eigenvalue weighted by molar-refractivity contribution is -0.111. The first-order valence-electron chi connectivity index (χ1n) is 10.1. The number of anilines is 2. The Bertz CT molecular complexity index is 1160. The number of ether oxygens (including phenoxy) is 1. The van der Waals surface area contributed by atoms with Crippen molar-refractivity contribution in [2.75, 3.05) is 10.6 Å². The zero-order valence-corrected chi connectivity index (χ0v) is 18.9. The van der Waals surface area contributed by atoms with Crippen LogP contribution < -0.4 is 10.6 Å². The minimum Gasteiger partial charge on any atom is -0.444 e. The fourth-order valence-corrected chi connectivity index (χ4v) is 2.91. The van der Waals surface area contributed by atoms with E-state index >= 15 is 0 Å². The van der Waals surface area contributed by atoms with Crippen molar-refractivity contribution in [2.45, 2.75) is 33.3 Å². The van der Waals surface area contributed by atoms with E-state index in [0.29, 0.717) is 28.2 Å². The summed E-state index contributed by atoms with van der Waals surface area (Å²) in [6, 6.07) is 9.15. The van der Waals surface area contributed by atoms with Crippen molar-refractivity contribution in [2.24, 2.45) is 7.05 Å². The Labute approximate surface area is 187 Å². The van der Waals surface area contributed by atoms with E-state index < -0.39 is 11.7 Å². The van der Waals surface area contributed by atoms with Crippen molar-refractivity contribution in [1.29, 1.82) is 0 Å². The second-order valence-electron chi connectivity index (χ2n) is 8.40. The molecule has 3 aromatic rings. The fourth-order valence-electron chi connectivity index (χ4n) is 2.91. The maximum atomic E-state index is 12.8. The van der Waals surface area contributed by atoms with Crippen molar-refractivity contribution < 1.29 is 14.3 Å². The Balaban J connectivity index is 1.69. The number of carbonyl (C=O) groups is 2. The fraction of sp³-hybridized carbons (Fsp3) is 0.250. The highest BCUT2D eigenvalue weighted by Crippen LogP contribution is 2.24. The molecular formula is C24H27N5O3. The van der Waals surface area contributed by atoms with Gasteiger partial charge in [-0.2, -0.15) is 5.10 Å². The van der Waals surface area contributed by atoms with Crippen LogP contribution in [0.2, 0.25) is 0 Å². The third kappa shape index (κ3) is 5.81. The molecule has 1 aromatic carbocycles. The SMILES string of the molecule is C=C(C(=O)Nc1cc(NC(=O)OC(C)(C)C)cnc1C)c1ccc(-c2cnn(C)c2)cc1. The van der Waals surface area contributed by atoms with Gasteiger partial charge in [-0.25, -0.2) is 4.79 Å². The van der Waals surface area contributed by atoms with E-state index in [4.69, 9.17) is 4.74 Å². The van der Waals surface area contributed by atoms with Gasteiger partial charge in [0, 0.05) is 24.4 Å². The summed E-state index contributed by atoms with van der Waals surface area (Å²) >= 11 is 0. The van der Waals surface area contributed by atoms with Crippen molar-refractivity contribution in [3.63, 3.8) is 0 Å². The molecule has 0 aliphatic rings. The van der Waals surface area contributed by atoms with Gasteiger partial charge in [0.05, 0.1) is 29.5 Å². The Morgan fingerprint density at radius 3 is 2.34 bits per heavy atom. The van der Waals surface area contributed by atoms with E-state index in [0.717, 1.165) is 11.1 Å². The number of amides is 2. The maximum absolute atomic E-state index is 12.8. The Hall–Kier alpha value is -3.94. The molecule has 0 saturated carbocycles. The molecule has 0 unspecified atom stereocenters.